The van der Waals surface area contributed by atoms with Crippen molar-refractivity contribution in [2.24, 2.45) is 5.92 Å². The van der Waals surface area contributed by atoms with Gasteiger partial charge in [-0.2, -0.15) is 0 Å². The van der Waals surface area contributed by atoms with E-state index in [1.165, 1.54) is 0 Å². The SMILES string of the molecule is CC[C@@]12C[C@H](C)CN1C(=O)[C@H](CC(=O)O)NC2=O. The highest BCUT2D eigenvalue weighted by Gasteiger charge is 2.55. The molecule has 3 atom stereocenters. The number of hydrogen-bond donors (Lipinski definition) is 2. The first-order chi connectivity index (χ1) is 8.40. The number of rotatable bonds is 3. The van der Waals surface area contributed by atoms with E-state index in [9.17, 15) is 14.4 Å². The van der Waals surface area contributed by atoms with E-state index in [1.807, 2.05) is 13.8 Å². The van der Waals surface area contributed by atoms with Crippen LogP contribution in [0.15, 0.2) is 0 Å². The van der Waals surface area contributed by atoms with Crippen LogP contribution in [0.2, 0.25) is 0 Å². The van der Waals surface area contributed by atoms with E-state index in [1.54, 1.807) is 4.90 Å². The summed E-state index contributed by atoms with van der Waals surface area (Å²) in [6.45, 7) is 4.42. The number of piperazine rings is 1. The van der Waals surface area contributed by atoms with Gasteiger partial charge >= 0.3 is 5.97 Å². The van der Waals surface area contributed by atoms with Crippen LogP contribution in [0.4, 0.5) is 0 Å². The molecule has 0 radical (unpaired) electrons. The van der Waals surface area contributed by atoms with Crippen LogP contribution in [-0.2, 0) is 14.4 Å². The second-order valence-electron chi connectivity index (χ2n) is 5.27. The Kier molecular flexibility index (Phi) is 3.04. The molecule has 100 valence electrons. The Morgan fingerprint density at radius 1 is 1.56 bits per heavy atom. The number of hydrogen-bond acceptors (Lipinski definition) is 3. The summed E-state index contributed by atoms with van der Waals surface area (Å²) < 4.78 is 0. The van der Waals surface area contributed by atoms with Crippen molar-refractivity contribution < 1.29 is 19.5 Å². The third kappa shape index (κ3) is 1.76. The number of amides is 2. The van der Waals surface area contributed by atoms with Gasteiger partial charge in [-0.15, -0.1) is 0 Å². The Morgan fingerprint density at radius 3 is 2.78 bits per heavy atom. The third-order valence-corrected chi connectivity index (χ3v) is 3.95. The van der Waals surface area contributed by atoms with Crippen molar-refractivity contribution in [2.75, 3.05) is 6.54 Å². The van der Waals surface area contributed by atoms with E-state index in [4.69, 9.17) is 5.11 Å². The van der Waals surface area contributed by atoms with Gasteiger partial charge in [-0.05, 0) is 18.8 Å². The highest BCUT2D eigenvalue weighted by molar-refractivity contribution is 6.01. The molecule has 6 nitrogen and oxygen atoms in total. The predicted molar refractivity (Wildman–Crippen MR) is 62.7 cm³/mol. The fraction of sp³-hybridized carbons (Fsp3) is 0.750. The second-order valence-corrected chi connectivity index (χ2v) is 5.27. The smallest absolute Gasteiger partial charge is 0.305 e. The summed E-state index contributed by atoms with van der Waals surface area (Å²) in [6, 6.07) is -0.917. The topological polar surface area (TPSA) is 86.7 Å². The van der Waals surface area contributed by atoms with Gasteiger partial charge < -0.3 is 15.3 Å². The average molecular weight is 254 g/mol. The van der Waals surface area contributed by atoms with Crippen molar-refractivity contribution in [2.45, 2.75) is 44.7 Å². The van der Waals surface area contributed by atoms with Crippen molar-refractivity contribution in [3.8, 4) is 0 Å². The fourth-order valence-corrected chi connectivity index (χ4v) is 3.10. The monoisotopic (exact) mass is 254 g/mol. The minimum Gasteiger partial charge on any atom is -0.481 e. The molecule has 2 N–H and O–H groups in total. The molecule has 2 heterocycles. The average Bonchev–Trinajstić information content (AvgIpc) is 2.64. The van der Waals surface area contributed by atoms with Crippen LogP contribution in [0.5, 0.6) is 0 Å². The van der Waals surface area contributed by atoms with Crippen molar-refractivity contribution in [1.82, 2.24) is 10.2 Å². The first-order valence-electron chi connectivity index (χ1n) is 6.25. The van der Waals surface area contributed by atoms with Gasteiger partial charge in [-0.1, -0.05) is 13.8 Å². The van der Waals surface area contributed by atoms with Crippen LogP contribution in [0, 0.1) is 5.92 Å². The van der Waals surface area contributed by atoms with Crippen LogP contribution in [-0.4, -0.2) is 45.9 Å². The minimum atomic E-state index is -1.08. The van der Waals surface area contributed by atoms with E-state index in [2.05, 4.69) is 5.32 Å². The lowest BCUT2D eigenvalue weighted by Gasteiger charge is -2.43. The summed E-state index contributed by atoms with van der Waals surface area (Å²) in [7, 11) is 0. The Hall–Kier alpha value is -1.59. The van der Waals surface area contributed by atoms with Crippen LogP contribution in [0.1, 0.15) is 33.1 Å². The molecule has 2 rings (SSSR count). The third-order valence-electron chi connectivity index (χ3n) is 3.95. The van der Waals surface area contributed by atoms with Crippen LogP contribution < -0.4 is 5.32 Å². The van der Waals surface area contributed by atoms with Crippen LogP contribution in [0.3, 0.4) is 0 Å². The Labute approximate surface area is 105 Å². The summed E-state index contributed by atoms with van der Waals surface area (Å²) in [6.07, 6.45) is 0.866. The van der Waals surface area contributed by atoms with Crippen LogP contribution >= 0.6 is 0 Å². The normalized spacial score (nSPS) is 35.3. The van der Waals surface area contributed by atoms with Crippen molar-refractivity contribution in [3.05, 3.63) is 0 Å². The molecule has 0 saturated carbocycles. The van der Waals surface area contributed by atoms with Gasteiger partial charge in [0.1, 0.15) is 11.6 Å². The Bertz CT molecular complexity index is 409. The molecule has 0 aromatic rings. The summed E-state index contributed by atoms with van der Waals surface area (Å²) in [5.41, 5.74) is -0.758. The van der Waals surface area contributed by atoms with Gasteiger partial charge in [0.2, 0.25) is 11.8 Å². The fourth-order valence-electron chi connectivity index (χ4n) is 3.10. The van der Waals surface area contributed by atoms with Gasteiger partial charge in [-0.25, -0.2) is 0 Å². The molecule has 0 aromatic carbocycles. The minimum absolute atomic E-state index is 0.208. The molecule has 2 aliphatic heterocycles. The van der Waals surface area contributed by atoms with Crippen LogP contribution in [0.25, 0.3) is 0 Å². The number of carbonyl (C=O) groups is 3. The first-order valence-corrected chi connectivity index (χ1v) is 6.25. The predicted octanol–water partition coefficient (Wildman–Crippen LogP) is -0.0233. The van der Waals surface area contributed by atoms with Gasteiger partial charge in [0, 0.05) is 6.54 Å². The molecule has 18 heavy (non-hydrogen) atoms. The summed E-state index contributed by atoms with van der Waals surface area (Å²) in [4.78, 5) is 36.8. The lowest BCUT2D eigenvalue weighted by molar-refractivity contribution is -0.156. The van der Waals surface area contributed by atoms with Crippen molar-refractivity contribution >= 4 is 17.8 Å². The number of fused-ring (bicyclic) bond motifs is 1. The van der Waals surface area contributed by atoms with Gasteiger partial charge in [0.25, 0.3) is 0 Å². The maximum absolute atomic E-state index is 12.2. The largest absolute Gasteiger partial charge is 0.481 e. The number of nitrogens with one attached hydrogen (secondary N) is 1. The highest BCUT2D eigenvalue weighted by atomic mass is 16.4. The maximum Gasteiger partial charge on any atom is 0.305 e. The number of carboxylic acid groups (broad SMARTS) is 1. The quantitative estimate of drug-likeness (QED) is 0.741. The maximum atomic E-state index is 12.2. The second kappa shape index (κ2) is 4.26. The number of carbonyl (C=O) groups excluding carboxylic acids is 2. The van der Waals surface area contributed by atoms with Crippen molar-refractivity contribution in [3.63, 3.8) is 0 Å². The zero-order valence-corrected chi connectivity index (χ0v) is 10.6. The Balaban J connectivity index is 2.29. The lowest BCUT2D eigenvalue weighted by Crippen LogP contribution is -2.68. The van der Waals surface area contributed by atoms with E-state index < -0.39 is 17.6 Å². The molecule has 0 spiro atoms. The van der Waals surface area contributed by atoms with E-state index in [0.29, 0.717) is 19.4 Å². The summed E-state index contributed by atoms with van der Waals surface area (Å²) in [5, 5.41) is 11.3. The molecule has 0 unspecified atom stereocenters. The molecule has 2 fully saturated rings. The lowest BCUT2D eigenvalue weighted by atomic mass is 9.86. The van der Waals surface area contributed by atoms with E-state index in [-0.39, 0.29) is 24.2 Å². The molecule has 6 heteroatoms. The molecule has 0 bridgehead atoms. The summed E-state index contributed by atoms with van der Waals surface area (Å²) >= 11 is 0. The molecular weight excluding hydrogens is 236 g/mol. The first kappa shape index (κ1) is 12.9. The Morgan fingerprint density at radius 2 is 2.22 bits per heavy atom. The number of aliphatic carboxylic acids is 1. The molecule has 0 aromatic heterocycles. The molecule has 2 saturated heterocycles. The molecule has 0 aliphatic carbocycles. The zero-order valence-electron chi connectivity index (χ0n) is 10.6. The molecule has 2 aliphatic rings. The van der Waals surface area contributed by atoms with Crippen molar-refractivity contribution in [1.29, 1.82) is 0 Å². The van der Waals surface area contributed by atoms with Gasteiger partial charge in [-0.3, -0.25) is 14.4 Å². The van der Waals surface area contributed by atoms with Gasteiger partial charge in [0.15, 0.2) is 0 Å². The standard InChI is InChI=1S/C12H18N2O4/c1-3-12-5-7(2)6-14(12)10(17)8(4-9(15)16)13-11(12)18/h7-8H,3-6H2,1-2H3,(H,13,18)(H,15,16)/t7-,8-,12-/m0/s1. The molecular formula is C12H18N2O4. The van der Waals surface area contributed by atoms with Gasteiger partial charge in [0.05, 0.1) is 6.42 Å². The molecule has 2 amide bonds. The number of nitrogens with zero attached hydrogens (tertiary/aromatic N) is 1. The van der Waals surface area contributed by atoms with E-state index >= 15 is 0 Å². The van der Waals surface area contributed by atoms with E-state index in [0.717, 1.165) is 0 Å². The zero-order chi connectivity index (χ0) is 13.5. The summed E-state index contributed by atoms with van der Waals surface area (Å²) in [5.74, 6) is -1.28. The number of carboxylic acids is 1. The highest BCUT2D eigenvalue weighted by Crippen LogP contribution is 2.38.